The van der Waals surface area contributed by atoms with Gasteiger partial charge < -0.3 is 15.0 Å². The molecule has 1 N–H and O–H groups in total. The number of carbonyl (C=O) groups excluding carboxylic acids is 2. The number of hydrogen-bond donors (Lipinski definition) is 1. The second-order valence-electron chi connectivity index (χ2n) is 7.07. The van der Waals surface area contributed by atoms with E-state index in [0.717, 1.165) is 28.5 Å². The van der Waals surface area contributed by atoms with Crippen molar-refractivity contribution < 1.29 is 14.3 Å². The van der Waals surface area contributed by atoms with Gasteiger partial charge in [-0.15, -0.1) is 0 Å². The summed E-state index contributed by atoms with van der Waals surface area (Å²) in [5.41, 5.74) is 0.833. The number of para-hydroxylation sites is 1. The monoisotopic (exact) mass is 471 g/mol. The Morgan fingerprint density at radius 3 is 2.69 bits per heavy atom. The highest BCUT2D eigenvalue weighted by Crippen LogP contribution is 2.29. The number of piperidine rings is 1. The van der Waals surface area contributed by atoms with Gasteiger partial charge >= 0.3 is 12.1 Å². The molecule has 0 spiro atoms. The number of anilines is 1. The molecule has 1 aromatic rings. The predicted molar refractivity (Wildman–Crippen MR) is 109 cm³/mol. The van der Waals surface area contributed by atoms with E-state index in [4.69, 9.17) is 4.74 Å². The number of benzene rings is 1. The van der Waals surface area contributed by atoms with Gasteiger partial charge in [0, 0.05) is 22.7 Å². The van der Waals surface area contributed by atoms with Crippen molar-refractivity contribution in [2.75, 3.05) is 25.0 Å². The molecule has 2 heterocycles. The van der Waals surface area contributed by atoms with E-state index in [2.05, 4.69) is 41.8 Å². The minimum atomic E-state index is -0.197. The summed E-state index contributed by atoms with van der Waals surface area (Å²) in [5, 5.41) is 2.98. The Labute approximate surface area is 168 Å². The molecule has 0 bridgehead atoms. The average Bonchev–Trinajstić information content (AvgIpc) is 3.04. The van der Waals surface area contributed by atoms with Crippen LogP contribution < -0.4 is 5.32 Å². The lowest BCUT2D eigenvalue weighted by Gasteiger charge is -2.39. The molecule has 2 saturated heterocycles. The van der Waals surface area contributed by atoms with E-state index in [-0.39, 0.29) is 24.2 Å². The molecule has 6 nitrogen and oxygen atoms in total. The number of hydrogen-bond acceptors (Lipinski definition) is 3. The molecule has 0 saturated carbocycles. The SMILES string of the molecule is CCC(C)C1COC(=O)N1C1CCN(C(=O)Nc2ccccc2I)CC1. The van der Waals surface area contributed by atoms with Gasteiger partial charge in [-0.25, -0.2) is 9.59 Å². The molecular weight excluding hydrogens is 445 g/mol. The molecule has 3 rings (SSSR count). The van der Waals surface area contributed by atoms with Gasteiger partial charge in [-0.2, -0.15) is 0 Å². The van der Waals surface area contributed by atoms with Gasteiger partial charge in [0.1, 0.15) is 6.61 Å². The third-order valence-corrected chi connectivity index (χ3v) is 6.45. The number of carbonyl (C=O) groups is 2. The van der Waals surface area contributed by atoms with E-state index in [1.807, 2.05) is 34.1 Å². The first-order valence-corrected chi connectivity index (χ1v) is 10.3. The maximum absolute atomic E-state index is 12.5. The van der Waals surface area contributed by atoms with Gasteiger partial charge in [0.2, 0.25) is 0 Å². The number of ether oxygens (including phenoxy) is 1. The summed E-state index contributed by atoms with van der Waals surface area (Å²) < 4.78 is 6.33. The summed E-state index contributed by atoms with van der Waals surface area (Å²) in [6, 6.07) is 7.98. The van der Waals surface area contributed by atoms with Gasteiger partial charge in [-0.1, -0.05) is 32.4 Å². The first-order chi connectivity index (χ1) is 12.5. The zero-order valence-corrected chi connectivity index (χ0v) is 17.4. The molecule has 0 aromatic heterocycles. The summed E-state index contributed by atoms with van der Waals surface area (Å²) in [6.07, 6.45) is 2.41. The van der Waals surface area contributed by atoms with Crippen LogP contribution in [0.4, 0.5) is 15.3 Å². The number of rotatable bonds is 4. The van der Waals surface area contributed by atoms with Crippen molar-refractivity contribution in [3.05, 3.63) is 27.8 Å². The third-order valence-electron chi connectivity index (χ3n) is 5.51. The minimum absolute atomic E-state index is 0.0740. The number of likely N-dealkylation sites (tertiary alicyclic amines) is 1. The smallest absolute Gasteiger partial charge is 0.410 e. The van der Waals surface area contributed by atoms with Crippen LogP contribution in [0.5, 0.6) is 0 Å². The van der Waals surface area contributed by atoms with Gasteiger partial charge in [0.05, 0.1) is 11.7 Å². The van der Waals surface area contributed by atoms with Crippen molar-refractivity contribution in [2.24, 2.45) is 5.92 Å². The number of urea groups is 1. The van der Waals surface area contributed by atoms with Crippen molar-refractivity contribution >= 4 is 40.4 Å². The zero-order chi connectivity index (χ0) is 18.7. The molecule has 2 atom stereocenters. The molecule has 2 unspecified atom stereocenters. The Morgan fingerprint density at radius 1 is 1.35 bits per heavy atom. The van der Waals surface area contributed by atoms with Crippen LogP contribution in [0.15, 0.2) is 24.3 Å². The molecule has 3 amide bonds. The molecular formula is C19H26IN3O3. The topological polar surface area (TPSA) is 61.9 Å². The van der Waals surface area contributed by atoms with E-state index in [9.17, 15) is 9.59 Å². The fourth-order valence-electron chi connectivity index (χ4n) is 3.68. The van der Waals surface area contributed by atoms with Gasteiger partial charge in [0.15, 0.2) is 0 Å². The lowest BCUT2D eigenvalue weighted by molar-refractivity contribution is 0.105. The maximum Gasteiger partial charge on any atom is 0.410 e. The maximum atomic E-state index is 12.5. The Bertz CT molecular complexity index is 661. The van der Waals surface area contributed by atoms with E-state index >= 15 is 0 Å². The fourth-order valence-corrected chi connectivity index (χ4v) is 4.20. The molecule has 142 valence electrons. The fraction of sp³-hybridized carbons (Fsp3) is 0.579. The van der Waals surface area contributed by atoms with Gasteiger partial charge in [-0.3, -0.25) is 4.90 Å². The van der Waals surface area contributed by atoms with Gasteiger partial charge in [0.25, 0.3) is 0 Å². The summed E-state index contributed by atoms with van der Waals surface area (Å²) in [6.45, 7) is 6.10. The standard InChI is InChI=1S/C19H26IN3O3/c1-3-13(2)17-12-26-19(25)23(17)14-8-10-22(11-9-14)18(24)21-16-7-5-4-6-15(16)20/h4-7,13-14,17H,3,8-12H2,1-2H3,(H,21,24). The van der Waals surface area contributed by atoms with Crippen LogP contribution in [0.3, 0.4) is 0 Å². The highest BCUT2D eigenvalue weighted by molar-refractivity contribution is 14.1. The zero-order valence-electron chi connectivity index (χ0n) is 15.3. The summed E-state index contributed by atoms with van der Waals surface area (Å²) in [4.78, 5) is 28.5. The van der Waals surface area contributed by atoms with Crippen LogP contribution in [-0.2, 0) is 4.74 Å². The highest BCUT2D eigenvalue weighted by Gasteiger charge is 2.41. The second kappa shape index (κ2) is 8.45. The Balaban J connectivity index is 1.57. The Kier molecular flexibility index (Phi) is 6.26. The molecule has 2 aliphatic heterocycles. The first kappa shape index (κ1) is 19.3. The summed E-state index contributed by atoms with van der Waals surface area (Å²) >= 11 is 2.22. The van der Waals surface area contributed by atoms with Crippen LogP contribution in [0, 0.1) is 9.49 Å². The molecule has 2 aliphatic rings. The minimum Gasteiger partial charge on any atom is -0.447 e. The molecule has 2 fully saturated rings. The Morgan fingerprint density at radius 2 is 2.04 bits per heavy atom. The van der Waals surface area contributed by atoms with Crippen LogP contribution in [0.1, 0.15) is 33.1 Å². The lowest BCUT2D eigenvalue weighted by atomic mass is 9.95. The molecule has 26 heavy (non-hydrogen) atoms. The van der Waals surface area contributed by atoms with Crippen molar-refractivity contribution in [2.45, 2.75) is 45.2 Å². The highest BCUT2D eigenvalue weighted by atomic mass is 127. The molecule has 7 heteroatoms. The van der Waals surface area contributed by atoms with Crippen LogP contribution in [-0.4, -0.2) is 53.7 Å². The quantitative estimate of drug-likeness (QED) is 0.672. The third kappa shape index (κ3) is 4.07. The lowest BCUT2D eigenvalue weighted by Crippen LogP contribution is -2.51. The van der Waals surface area contributed by atoms with E-state index in [1.54, 1.807) is 0 Å². The predicted octanol–water partition coefficient (Wildman–Crippen LogP) is 4.15. The van der Waals surface area contributed by atoms with E-state index < -0.39 is 0 Å². The van der Waals surface area contributed by atoms with Crippen molar-refractivity contribution in [1.29, 1.82) is 0 Å². The van der Waals surface area contributed by atoms with Crippen molar-refractivity contribution in [3.63, 3.8) is 0 Å². The number of halogens is 1. The summed E-state index contributed by atoms with van der Waals surface area (Å²) in [5.74, 6) is 0.419. The normalized spacial score (nSPS) is 22.3. The average molecular weight is 471 g/mol. The van der Waals surface area contributed by atoms with Gasteiger partial charge in [-0.05, 0) is 53.5 Å². The summed E-state index contributed by atoms with van der Waals surface area (Å²) in [7, 11) is 0. The van der Waals surface area contributed by atoms with E-state index in [1.165, 1.54) is 0 Å². The number of nitrogens with one attached hydrogen (secondary N) is 1. The van der Waals surface area contributed by atoms with Crippen LogP contribution in [0.25, 0.3) is 0 Å². The largest absolute Gasteiger partial charge is 0.447 e. The number of cyclic esters (lactones) is 1. The van der Waals surface area contributed by atoms with Crippen LogP contribution >= 0.6 is 22.6 Å². The number of amides is 3. The first-order valence-electron chi connectivity index (χ1n) is 9.26. The van der Waals surface area contributed by atoms with Crippen molar-refractivity contribution in [1.82, 2.24) is 9.80 Å². The number of nitrogens with zero attached hydrogens (tertiary/aromatic N) is 2. The Hall–Kier alpha value is -1.51. The molecule has 0 radical (unpaired) electrons. The van der Waals surface area contributed by atoms with Crippen molar-refractivity contribution in [3.8, 4) is 0 Å². The molecule has 1 aromatic carbocycles. The van der Waals surface area contributed by atoms with E-state index in [0.29, 0.717) is 25.6 Å². The van der Waals surface area contributed by atoms with Crippen LogP contribution in [0.2, 0.25) is 0 Å². The molecule has 0 aliphatic carbocycles. The second-order valence-corrected chi connectivity index (χ2v) is 8.23.